The molecule has 1 rings (SSSR count). The minimum absolute atomic E-state index is 0.00459. The van der Waals surface area contributed by atoms with Crippen LogP contribution in [0.4, 0.5) is 5.82 Å². The molecule has 0 aromatic carbocycles. The minimum atomic E-state index is -0.959. The van der Waals surface area contributed by atoms with Crippen molar-refractivity contribution in [3.63, 3.8) is 0 Å². The van der Waals surface area contributed by atoms with Crippen molar-refractivity contribution in [1.82, 2.24) is 15.6 Å². The van der Waals surface area contributed by atoms with Crippen LogP contribution in [-0.4, -0.2) is 56.9 Å². The molecule has 0 bridgehead atoms. The quantitative estimate of drug-likeness (QED) is 0.148. The molecule has 1 heterocycles. The topological polar surface area (TPSA) is 162 Å². The summed E-state index contributed by atoms with van der Waals surface area (Å²) in [5.41, 5.74) is 5.33. The summed E-state index contributed by atoms with van der Waals surface area (Å²) in [6.45, 7) is 0.212. The fourth-order valence-corrected chi connectivity index (χ4v) is 1.47. The van der Waals surface area contributed by atoms with Crippen LogP contribution in [0.2, 0.25) is 0 Å². The maximum atomic E-state index is 11.4. The lowest BCUT2D eigenvalue weighted by molar-refractivity contribution is -0.119. The van der Waals surface area contributed by atoms with Gasteiger partial charge in [0.25, 0.3) is 0 Å². The molecule has 0 aliphatic carbocycles. The molecule has 0 fully saturated rings. The predicted octanol–water partition coefficient (Wildman–Crippen LogP) is -1.93. The molecule has 0 spiro atoms. The number of anilines is 1. The van der Waals surface area contributed by atoms with E-state index in [9.17, 15) is 9.35 Å². The number of rotatable bonds is 7. The van der Waals surface area contributed by atoms with E-state index in [-0.39, 0.29) is 29.8 Å². The second kappa shape index (κ2) is 7.43. The molecule has 106 valence electrons. The van der Waals surface area contributed by atoms with Crippen LogP contribution in [0.25, 0.3) is 0 Å². The number of nitrogens with two attached hydrogens (primary N) is 1. The second-order valence-corrected chi connectivity index (χ2v) is 4.98. The van der Waals surface area contributed by atoms with Crippen molar-refractivity contribution in [1.29, 1.82) is 0 Å². The molecule has 10 nitrogen and oxygen atoms in total. The van der Waals surface area contributed by atoms with Crippen LogP contribution in [0.1, 0.15) is 5.69 Å². The third kappa shape index (κ3) is 5.01. The van der Waals surface area contributed by atoms with Crippen molar-refractivity contribution < 1.29 is 19.2 Å². The van der Waals surface area contributed by atoms with Gasteiger partial charge in [0.15, 0.2) is 11.5 Å². The Hall–Kier alpha value is -2.01. The average Bonchev–Trinajstić information content (AvgIpc) is 2.83. The molecule has 0 radical (unpaired) electrons. The van der Waals surface area contributed by atoms with E-state index in [1.807, 2.05) is 0 Å². The Bertz CT molecular complexity index is 448. The standard InChI is InChI=1S/C8H14N6O4S/c1-19(17)3-2-10-5(15)4-11-8-6(7(9)12-16)13-18-14-8/h16H,2-4H2,1H3,(H2,9,12)(H,10,15)(H,11,14). The van der Waals surface area contributed by atoms with Crippen LogP contribution in [0, 0.1) is 0 Å². The van der Waals surface area contributed by atoms with Crippen LogP contribution in [0.3, 0.4) is 0 Å². The number of nitrogens with zero attached hydrogens (tertiary/aromatic N) is 3. The lowest BCUT2D eigenvalue weighted by Crippen LogP contribution is -2.33. The van der Waals surface area contributed by atoms with Gasteiger partial charge in [-0.3, -0.25) is 4.79 Å². The van der Waals surface area contributed by atoms with Gasteiger partial charge in [0.05, 0.1) is 19.3 Å². The number of hydrogen-bond donors (Lipinski definition) is 4. The van der Waals surface area contributed by atoms with E-state index in [1.165, 1.54) is 0 Å². The molecule has 19 heavy (non-hydrogen) atoms. The van der Waals surface area contributed by atoms with E-state index in [1.54, 1.807) is 6.26 Å². The Morgan fingerprint density at radius 2 is 2.37 bits per heavy atom. The van der Waals surface area contributed by atoms with E-state index in [0.717, 1.165) is 0 Å². The van der Waals surface area contributed by atoms with Crippen molar-refractivity contribution in [3.05, 3.63) is 5.69 Å². The maximum absolute atomic E-state index is 11.4. The Labute approximate surface area is 111 Å². The highest BCUT2D eigenvalue weighted by Crippen LogP contribution is 2.07. The van der Waals surface area contributed by atoms with E-state index < -0.39 is 11.2 Å². The zero-order valence-electron chi connectivity index (χ0n) is 10.1. The van der Waals surface area contributed by atoms with Gasteiger partial charge in [0.1, 0.15) is 5.75 Å². The monoisotopic (exact) mass is 290 g/mol. The number of nitrogens with one attached hydrogen (secondary N) is 2. The summed E-state index contributed by atoms with van der Waals surface area (Å²) in [6, 6.07) is 0. The van der Waals surface area contributed by atoms with Crippen LogP contribution >= 0.6 is 0 Å². The number of amides is 1. The SMILES string of the molecule is C[S+]([O-])CCNC(=O)CNc1nonc1/C(N)=N/O. The third-order valence-electron chi connectivity index (χ3n) is 1.97. The van der Waals surface area contributed by atoms with Crippen LogP contribution in [0.5, 0.6) is 0 Å². The summed E-state index contributed by atoms with van der Waals surface area (Å²) in [5, 5.41) is 23.3. The van der Waals surface area contributed by atoms with Gasteiger partial charge in [0, 0.05) is 0 Å². The average molecular weight is 290 g/mol. The first-order valence-electron chi connectivity index (χ1n) is 5.15. The molecule has 1 atom stereocenters. The van der Waals surface area contributed by atoms with E-state index in [2.05, 4.69) is 30.7 Å². The summed E-state index contributed by atoms with van der Waals surface area (Å²) < 4.78 is 15.2. The van der Waals surface area contributed by atoms with Crippen LogP contribution in [0.15, 0.2) is 9.78 Å². The largest absolute Gasteiger partial charge is 0.617 e. The van der Waals surface area contributed by atoms with E-state index in [0.29, 0.717) is 12.3 Å². The Balaban J connectivity index is 2.40. The van der Waals surface area contributed by atoms with Crippen molar-refractivity contribution in [3.8, 4) is 0 Å². The Morgan fingerprint density at radius 1 is 1.63 bits per heavy atom. The highest BCUT2D eigenvalue weighted by Gasteiger charge is 2.15. The molecule has 5 N–H and O–H groups in total. The first-order chi connectivity index (χ1) is 9.04. The molecule has 0 aliphatic heterocycles. The van der Waals surface area contributed by atoms with Crippen molar-refractivity contribution in [2.75, 3.05) is 30.4 Å². The Morgan fingerprint density at radius 3 is 3.00 bits per heavy atom. The molecular weight excluding hydrogens is 276 g/mol. The highest BCUT2D eigenvalue weighted by atomic mass is 32.2. The van der Waals surface area contributed by atoms with Crippen LogP contribution in [-0.2, 0) is 16.0 Å². The molecule has 1 unspecified atom stereocenters. The number of hydrogen-bond acceptors (Lipinski definition) is 8. The summed E-state index contributed by atoms with van der Waals surface area (Å²) in [5.74, 6) is -0.138. The second-order valence-electron chi connectivity index (χ2n) is 3.43. The Kier molecular flexibility index (Phi) is 5.89. The smallest absolute Gasteiger partial charge is 0.239 e. The normalized spacial score (nSPS) is 13.1. The molecule has 1 aromatic rings. The summed E-state index contributed by atoms with van der Waals surface area (Å²) in [6.07, 6.45) is 1.55. The molecule has 1 aromatic heterocycles. The fourth-order valence-electron chi connectivity index (χ4n) is 1.08. The van der Waals surface area contributed by atoms with Gasteiger partial charge in [-0.1, -0.05) is 16.3 Å². The lowest BCUT2D eigenvalue weighted by atomic mass is 10.4. The maximum Gasteiger partial charge on any atom is 0.239 e. The van der Waals surface area contributed by atoms with Gasteiger partial charge in [-0.25, -0.2) is 4.63 Å². The van der Waals surface area contributed by atoms with E-state index in [4.69, 9.17) is 10.9 Å². The van der Waals surface area contributed by atoms with Gasteiger partial charge in [-0.2, -0.15) is 0 Å². The van der Waals surface area contributed by atoms with Gasteiger partial charge in [-0.05, 0) is 10.3 Å². The van der Waals surface area contributed by atoms with Gasteiger partial charge in [-0.15, -0.1) is 0 Å². The molecule has 0 saturated heterocycles. The molecule has 11 heteroatoms. The fraction of sp³-hybridized carbons (Fsp3) is 0.500. The number of aromatic nitrogens is 2. The molecular formula is C8H14N6O4S. The number of carbonyl (C=O) groups is 1. The summed E-state index contributed by atoms with van der Waals surface area (Å²) in [7, 11) is 0. The molecule has 1 amide bonds. The minimum Gasteiger partial charge on any atom is -0.617 e. The van der Waals surface area contributed by atoms with Crippen molar-refractivity contribution in [2.24, 2.45) is 10.9 Å². The van der Waals surface area contributed by atoms with Gasteiger partial charge < -0.3 is 26.1 Å². The zero-order valence-corrected chi connectivity index (χ0v) is 10.9. The van der Waals surface area contributed by atoms with Gasteiger partial charge in [0.2, 0.25) is 11.7 Å². The van der Waals surface area contributed by atoms with Crippen molar-refractivity contribution >= 4 is 28.7 Å². The number of carbonyl (C=O) groups excluding carboxylic acids is 1. The number of oxime groups is 1. The molecule has 0 aliphatic rings. The first-order valence-corrected chi connectivity index (χ1v) is 6.88. The number of amidine groups is 1. The predicted molar refractivity (Wildman–Crippen MR) is 67.2 cm³/mol. The third-order valence-corrected chi connectivity index (χ3v) is 2.75. The zero-order chi connectivity index (χ0) is 14.3. The van der Waals surface area contributed by atoms with E-state index >= 15 is 0 Å². The summed E-state index contributed by atoms with van der Waals surface area (Å²) >= 11 is -0.959. The summed E-state index contributed by atoms with van der Waals surface area (Å²) in [4.78, 5) is 11.4. The lowest BCUT2D eigenvalue weighted by Gasteiger charge is -2.07. The highest BCUT2D eigenvalue weighted by molar-refractivity contribution is 7.90. The van der Waals surface area contributed by atoms with Crippen molar-refractivity contribution in [2.45, 2.75) is 0 Å². The molecule has 0 saturated carbocycles. The van der Waals surface area contributed by atoms with Crippen LogP contribution < -0.4 is 16.4 Å². The first kappa shape index (κ1) is 15.0. The van der Waals surface area contributed by atoms with Gasteiger partial charge >= 0.3 is 0 Å².